The molecule has 0 aliphatic carbocycles. The molecule has 7 heteroatoms. The van der Waals surface area contributed by atoms with Crippen molar-refractivity contribution in [2.75, 3.05) is 18.5 Å². The van der Waals surface area contributed by atoms with Crippen LogP contribution in [0.5, 0.6) is 0 Å². The molecule has 0 aliphatic rings. The number of hydrogen-bond donors (Lipinski definition) is 1. The first-order chi connectivity index (χ1) is 9.99. The third-order valence-corrected chi connectivity index (χ3v) is 3.44. The molecule has 1 aromatic carbocycles. The predicted molar refractivity (Wildman–Crippen MR) is 86.8 cm³/mol. The number of anilines is 1. The highest BCUT2D eigenvalue weighted by Crippen LogP contribution is 2.26. The summed E-state index contributed by atoms with van der Waals surface area (Å²) in [6.07, 6.45) is 1.28. The first kappa shape index (κ1) is 17.7. The Morgan fingerprint density at radius 3 is 2.19 bits per heavy atom. The van der Waals surface area contributed by atoms with E-state index in [2.05, 4.69) is 37.2 Å². The molecule has 0 amide bonds. The van der Waals surface area contributed by atoms with E-state index in [1.165, 1.54) is 6.20 Å². The predicted octanol–water partition coefficient (Wildman–Crippen LogP) is 3.63. The Morgan fingerprint density at radius 1 is 1.14 bits per heavy atom. The molecular weight excluding hydrogens is 406 g/mol. The quantitative estimate of drug-likeness (QED) is 0.329. The Labute approximate surface area is 139 Å². The molecule has 0 atom stereocenters. The largest absolute Gasteiger partial charge is 0.462 e. The topological polar surface area (TPSA) is 64.6 Å². The summed E-state index contributed by atoms with van der Waals surface area (Å²) in [4.78, 5) is 23.5. The van der Waals surface area contributed by atoms with Crippen molar-refractivity contribution in [3.8, 4) is 0 Å². The number of esters is 2. The van der Waals surface area contributed by atoms with Crippen molar-refractivity contribution in [2.24, 2.45) is 0 Å². The van der Waals surface area contributed by atoms with E-state index in [9.17, 15) is 9.59 Å². The van der Waals surface area contributed by atoms with E-state index in [1.807, 2.05) is 12.1 Å². The van der Waals surface area contributed by atoms with Gasteiger partial charge in [0.05, 0.1) is 18.9 Å². The lowest BCUT2D eigenvalue weighted by atomic mass is 10.2. The molecule has 1 aromatic rings. The van der Waals surface area contributed by atoms with Crippen molar-refractivity contribution in [3.63, 3.8) is 0 Å². The SMILES string of the molecule is CCOC(=O)C(=CNc1ccc(Br)cc1Br)C(=O)OCC. The smallest absolute Gasteiger partial charge is 0.347 e. The fraction of sp³-hybridized carbons (Fsp3) is 0.286. The van der Waals surface area contributed by atoms with Crippen molar-refractivity contribution in [1.82, 2.24) is 0 Å². The number of carbonyl (C=O) groups is 2. The van der Waals surface area contributed by atoms with E-state index in [4.69, 9.17) is 9.47 Å². The molecule has 0 bridgehead atoms. The van der Waals surface area contributed by atoms with Gasteiger partial charge in [0.1, 0.15) is 0 Å². The number of benzene rings is 1. The van der Waals surface area contributed by atoms with Gasteiger partial charge in [0.15, 0.2) is 5.57 Å². The van der Waals surface area contributed by atoms with Gasteiger partial charge in [0.25, 0.3) is 0 Å². The Kier molecular flexibility index (Phi) is 7.45. The summed E-state index contributed by atoms with van der Waals surface area (Å²) in [5.41, 5.74) is 0.512. The second-order valence-electron chi connectivity index (χ2n) is 3.77. The summed E-state index contributed by atoms with van der Waals surface area (Å²) in [5.74, 6) is -1.45. The number of nitrogens with one attached hydrogen (secondary N) is 1. The lowest BCUT2D eigenvalue weighted by molar-refractivity contribution is -0.146. The summed E-state index contributed by atoms with van der Waals surface area (Å²) >= 11 is 6.72. The molecule has 1 N–H and O–H groups in total. The molecule has 1 rings (SSSR count). The fourth-order valence-electron chi connectivity index (χ4n) is 1.38. The van der Waals surface area contributed by atoms with Crippen LogP contribution in [0.15, 0.2) is 38.9 Å². The van der Waals surface area contributed by atoms with E-state index in [0.717, 1.165) is 8.95 Å². The molecule has 0 saturated carbocycles. The average Bonchev–Trinajstić information content (AvgIpc) is 2.41. The van der Waals surface area contributed by atoms with Gasteiger partial charge in [-0.05, 0) is 48.0 Å². The van der Waals surface area contributed by atoms with Crippen LogP contribution in [0.25, 0.3) is 0 Å². The van der Waals surface area contributed by atoms with E-state index >= 15 is 0 Å². The maximum atomic E-state index is 11.8. The van der Waals surface area contributed by atoms with Crippen LogP contribution in [-0.4, -0.2) is 25.2 Å². The molecule has 5 nitrogen and oxygen atoms in total. The number of rotatable bonds is 6. The van der Waals surface area contributed by atoms with Crippen LogP contribution in [0.2, 0.25) is 0 Å². The zero-order valence-corrected chi connectivity index (χ0v) is 14.8. The number of ether oxygens (including phenoxy) is 2. The van der Waals surface area contributed by atoms with Crippen LogP contribution in [-0.2, 0) is 19.1 Å². The van der Waals surface area contributed by atoms with E-state index < -0.39 is 11.9 Å². The van der Waals surface area contributed by atoms with Crippen molar-refractivity contribution in [2.45, 2.75) is 13.8 Å². The van der Waals surface area contributed by atoms with Gasteiger partial charge in [-0.15, -0.1) is 0 Å². The minimum atomic E-state index is -0.725. The van der Waals surface area contributed by atoms with Crippen LogP contribution < -0.4 is 5.32 Å². The Bertz CT molecular complexity index is 538. The molecule has 0 unspecified atom stereocenters. The summed E-state index contributed by atoms with van der Waals surface area (Å²) < 4.78 is 11.4. The van der Waals surface area contributed by atoms with Gasteiger partial charge in [0, 0.05) is 15.1 Å². The van der Waals surface area contributed by atoms with Crippen molar-refractivity contribution < 1.29 is 19.1 Å². The second-order valence-corrected chi connectivity index (χ2v) is 5.54. The van der Waals surface area contributed by atoms with Crippen LogP contribution >= 0.6 is 31.9 Å². The zero-order chi connectivity index (χ0) is 15.8. The van der Waals surface area contributed by atoms with Gasteiger partial charge in [0.2, 0.25) is 0 Å². The second kappa shape index (κ2) is 8.84. The minimum Gasteiger partial charge on any atom is -0.462 e. The molecule has 21 heavy (non-hydrogen) atoms. The normalized spacial score (nSPS) is 9.71. The lowest BCUT2D eigenvalue weighted by Gasteiger charge is -2.09. The molecular formula is C14H15Br2NO4. The van der Waals surface area contributed by atoms with Gasteiger partial charge in [-0.25, -0.2) is 9.59 Å². The average molecular weight is 421 g/mol. The zero-order valence-electron chi connectivity index (χ0n) is 11.6. The number of halogens is 2. The Balaban J connectivity index is 2.96. The highest BCUT2D eigenvalue weighted by molar-refractivity contribution is 9.11. The Morgan fingerprint density at radius 2 is 1.71 bits per heavy atom. The molecule has 0 aliphatic heterocycles. The van der Waals surface area contributed by atoms with Crippen LogP contribution in [0.1, 0.15) is 13.8 Å². The van der Waals surface area contributed by atoms with Crippen LogP contribution in [0, 0.1) is 0 Å². The molecule has 0 aromatic heterocycles. The first-order valence-corrected chi connectivity index (χ1v) is 7.84. The van der Waals surface area contributed by atoms with Crippen molar-refractivity contribution >= 4 is 49.5 Å². The third-order valence-electron chi connectivity index (χ3n) is 2.29. The van der Waals surface area contributed by atoms with Gasteiger partial charge >= 0.3 is 11.9 Å². The molecule has 0 spiro atoms. The van der Waals surface area contributed by atoms with Crippen molar-refractivity contribution in [1.29, 1.82) is 0 Å². The maximum Gasteiger partial charge on any atom is 0.347 e. The standard InChI is InChI=1S/C14H15Br2NO4/c1-3-20-13(18)10(14(19)21-4-2)8-17-12-6-5-9(15)7-11(12)16/h5-8,17H,3-4H2,1-2H3. The summed E-state index contributed by atoms with van der Waals surface area (Å²) in [5, 5.41) is 2.89. The first-order valence-electron chi connectivity index (χ1n) is 6.25. The highest BCUT2D eigenvalue weighted by atomic mass is 79.9. The highest BCUT2D eigenvalue weighted by Gasteiger charge is 2.21. The number of hydrogen-bond acceptors (Lipinski definition) is 5. The third kappa shape index (κ3) is 5.51. The molecule has 0 fully saturated rings. The van der Waals surface area contributed by atoms with Crippen LogP contribution in [0.4, 0.5) is 5.69 Å². The Hall–Kier alpha value is -1.34. The summed E-state index contributed by atoms with van der Waals surface area (Å²) in [7, 11) is 0. The molecule has 114 valence electrons. The molecule has 0 radical (unpaired) electrons. The molecule has 0 heterocycles. The van der Waals surface area contributed by atoms with Gasteiger partial charge in [-0.1, -0.05) is 15.9 Å². The van der Waals surface area contributed by atoms with Crippen LogP contribution in [0.3, 0.4) is 0 Å². The van der Waals surface area contributed by atoms with Gasteiger partial charge < -0.3 is 14.8 Å². The van der Waals surface area contributed by atoms with Crippen molar-refractivity contribution in [3.05, 3.63) is 38.9 Å². The minimum absolute atomic E-state index is 0.178. The number of carbonyl (C=O) groups excluding carboxylic acids is 2. The van der Waals surface area contributed by atoms with Gasteiger partial charge in [-0.2, -0.15) is 0 Å². The monoisotopic (exact) mass is 419 g/mol. The lowest BCUT2D eigenvalue weighted by Crippen LogP contribution is -2.19. The van der Waals surface area contributed by atoms with Gasteiger partial charge in [-0.3, -0.25) is 0 Å². The van der Waals surface area contributed by atoms with E-state index in [1.54, 1.807) is 19.9 Å². The van der Waals surface area contributed by atoms with E-state index in [0.29, 0.717) is 5.69 Å². The molecule has 0 saturated heterocycles. The summed E-state index contributed by atoms with van der Waals surface area (Å²) in [6, 6.07) is 5.46. The summed E-state index contributed by atoms with van der Waals surface area (Å²) in [6.45, 7) is 3.69. The van der Waals surface area contributed by atoms with E-state index in [-0.39, 0.29) is 18.8 Å². The fourth-order valence-corrected chi connectivity index (χ4v) is 2.54. The maximum absolute atomic E-state index is 11.8.